The molecule has 1 aromatic heterocycles. The highest BCUT2D eigenvalue weighted by molar-refractivity contribution is 8.01. The summed E-state index contributed by atoms with van der Waals surface area (Å²) < 4.78 is 1.07. The summed E-state index contributed by atoms with van der Waals surface area (Å²) in [7, 11) is 0. The van der Waals surface area contributed by atoms with E-state index in [0.717, 1.165) is 16.4 Å². The number of carboxylic acid groups (broad SMARTS) is 1. The Morgan fingerprint density at radius 2 is 2.10 bits per heavy atom. The first-order chi connectivity index (χ1) is 9.40. The average molecular weight is 296 g/mol. The van der Waals surface area contributed by atoms with E-state index < -0.39 is 16.8 Å². The van der Waals surface area contributed by atoms with Crippen LogP contribution in [0.25, 0.3) is 0 Å². The summed E-state index contributed by atoms with van der Waals surface area (Å²) in [6, 6.07) is 0. The topological polar surface area (TPSA) is 115 Å². The lowest BCUT2D eigenvalue weighted by Crippen LogP contribution is -2.34. The van der Waals surface area contributed by atoms with Gasteiger partial charge in [-0.25, -0.2) is 0 Å². The zero-order valence-corrected chi connectivity index (χ0v) is 11.7. The number of fused-ring (bicyclic) bond motifs is 1. The van der Waals surface area contributed by atoms with Gasteiger partial charge in [0, 0.05) is 6.42 Å². The van der Waals surface area contributed by atoms with Crippen molar-refractivity contribution >= 4 is 29.2 Å². The Kier molecular flexibility index (Phi) is 3.98. The van der Waals surface area contributed by atoms with E-state index in [1.165, 1.54) is 6.92 Å². The molecule has 2 heterocycles. The highest BCUT2D eigenvalue weighted by atomic mass is 32.2. The van der Waals surface area contributed by atoms with Crippen LogP contribution in [-0.2, 0) is 16.0 Å². The molecule has 1 aliphatic rings. The Labute approximate surface area is 117 Å². The molecule has 0 fully saturated rings. The smallest absolute Gasteiger partial charge is 0.303 e. The molecule has 1 atom stereocenters. The number of aliphatic carboxylic acids is 1. The predicted molar refractivity (Wildman–Crippen MR) is 71.1 cm³/mol. The molecule has 0 aliphatic carbocycles. The van der Waals surface area contributed by atoms with Gasteiger partial charge in [0.05, 0.1) is 12.1 Å². The van der Waals surface area contributed by atoms with Gasteiger partial charge in [0.15, 0.2) is 0 Å². The number of rotatable bonds is 4. The van der Waals surface area contributed by atoms with Gasteiger partial charge >= 0.3 is 5.97 Å². The highest BCUT2D eigenvalue weighted by Gasteiger charge is 2.27. The van der Waals surface area contributed by atoms with Gasteiger partial charge in [-0.3, -0.25) is 14.4 Å². The lowest BCUT2D eigenvalue weighted by molar-refractivity contribution is -0.137. The van der Waals surface area contributed by atoms with Crippen LogP contribution in [0.15, 0.2) is 15.1 Å². The summed E-state index contributed by atoms with van der Waals surface area (Å²) in [4.78, 5) is 34.1. The first kappa shape index (κ1) is 14.4. The predicted octanol–water partition coefficient (Wildman–Crippen LogP) is -0.0572. The normalized spacial score (nSPS) is 17.3. The molecule has 0 saturated heterocycles. The Morgan fingerprint density at radius 1 is 1.40 bits per heavy atom. The van der Waals surface area contributed by atoms with E-state index in [1.54, 1.807) is 6.92 Å². The van der Waals surface area contributed by atoms with Crippen LogP contribution < -0.4 is 5.56 Å². The maximum atomic E-state index is 12.1. The van der Waals surface area contributed by atoms with Crippen molar-refractivity contribution in [2.75, 3.05) is 0 Å². The van der Waals surface area contributed by atoms with Crippen LogP contribution in [0.4, 0.5) is 0 Å². The number of carbonyl (C=O) groups excluding carboxylic acids is 1. The maximum Gasteiger partial charge on any atom is 0.303 e. The first-order valence-electron chi connectivity index (χ1n) is 5.83. The summed E-state index contributed by atoms with van der Waals surface area (Å²) in [6.45, 7) is 3.10. The van der Waals surface area contributed by atoms with Crippen molar-refractivity contribution in [1.29, 1.82) is 0 Å². The standard InChI is InChI=1S/C11H12N4O4S/c1-5-9(6(2)16)20-11-13-12-7(3-4-8(17)18)10(19)15(11)14-5/h9H,3-4H2,1-2H3,(H,17,18)/t9-/m1/s1. The fourth-order valence-corrected chi connectivity index (χ4v) is 2.63. The molecule has 0 aromatic carbocycles. The molecular formula is C11H12N4O4S. The second-order valence-corrected chi connectivity index (χ2v) is 5.36. The van der Waals surface area contributed by atoms with Gasteiger partial charge < -0.3 is 5.11 Å². The fraction of sp³-hybridized carbons (Fsp3) is 0.455. The van der Waals surface area contributed by atoms with Gasteiger partial charge in [-0.2, -0.15) is 9.78 Å². The molecule has 1 aromatic rings. The van der Waals surface area contributed by atoms with Crippen LogP contribution in [0.5, 0.6) is 0 Å². The van der Waals surface area contributed by atoms with E-state index in [0.29, 0.717) is 5.71 Å². The van der Waals surface area contributed by atoms with E-state index in [1.807, 2.05) is 0 Å². The van der Waals surface area contributed by atoms with Gasteiger partial charge in [0.25, 0.3) is 5.56 Å². The van der Waals surface area contributed by atoms with Crippen molar-refractivity contribution in [1.82, 2.24) is 14.9 Å². The molecule has 1 N–H and O–H groups in total. The second kappa shape index (κ2) is 5.53. The Hall–Kier alpha value is -2.03. The third kappa shape index (κ3) is 2.77. The minimum Gasteiger partial charge on any atom is -0.481 e. The zero-order valence-electron chi connectivity index (χ0n) is 10.9. The summed E-state index contributed by atoms with van der Waals surface area (Å²) in [6.07, 6.45) is -0.202. The number of carboxylic acids is 1. The molecule has 106 valence electrons. The Balaban J connectivity index is 2.38. The van der Waals surface area contributed by atoms with E-state index in [9.17, 15) is 14.4 Å². The quantitative estimate of drug-likeness (QED) is 0.827. The second-order valence-electron chi connectivity index (χ2n) is 4.29. The molecule has 0 spiro atoms. The lowest BCUT2D eigenvalue weighted by atomic mass is 10.2. The molecular weight excluding hydrogens is 284 g/mol. The lowest BCUT2D eigenvalue weighted by Gasteiger charge is -2.19. The van der Waals surface area contributed by atoms with Crippen LogP contribution in [0.3, 0.4) is 0 Å². The average Bonchev–Trinajstić information content (AvgIpc) is 2.37. The Morgan fingerprint density at radius 3 is 2.70 bits per heavy atom. The summed E-state index contributed by atoms with van der Waals surface area (Å²) in [5, 5.41) is 20.0. The number of carbonyl (C=O) groups is 2. The van der Waals surface area contributed by atoms with Crippen molar-refractivity contribution in [2.24, 2.45) is 5.10 Å². The summed E-state index contributed by atoms with van der Waals surface area (Å²) in [5.41, 5.74) is 0.0639. The molecule has 0 amide bonds. The molecule has 20 heavy (non-hydrogen) atoms. The van der Waals surface area contributed by atoms with Crippen LogP contribution in [-0.4, -0.2) is 42.7 Å². The first-order valence-corrected chi connectivity index (χ1v) is 6.71. The van der Waals surface area contributed by atoms with Gasteiger partial charge in [-0.1, -0.05) is 11.8 Å². The van der Waals surface area contributed by atoms with Crippen molar-refractivity contribution in [3.05, 3.63) is 16.0 Å². The van der Waals surface area contributed by atoms with Crippen LogP contribution >= 0.6 is 11.8 Å². The van der Waals surface area contributed by atoms with Crippen molar-refractivity contribution in [3.8, 4) is 0 Å². The van der Waals surface area contributed by atoms with E-state index >= 15 is 0 Å². The van der Waals surface area contributed by atoms with Gasteiger partial charge in [-0.05, 0) is 13.8 Å². The molecule has 9 heteroatoms. The van der Waals surface area contributed by atoms with E-state index in [4.69, 9.17) is 5.11 Å². The number of aryl methyl sites for hydroxylation is 1. The van der Waals surface area contributed by atoms with Gasteiger partial charge in [-0.15, -0.1) is 10.2 Å². The van der Waals surface area contributed by atoms with Gasteiger partial charge in [0.1, 0.15) is 16.7 Å². The van der Waals surface area contributed by atoms with Crippen molar-refractivity contribution < 1.29 is 14.7 Å². The van der Waals surface area contributed by atoms with Crippen LogP contribution in [0, 0.1) is 0 Å². The largest absolute Gasteiger partial charge is 0.481 e. The minimum absolute atomic E-state index is 0.00316. The highest BCUT2D eigenvalue weighted by Crippen LogP contribution is 2.25. The number of nitrogens with zero attached hydrogens (tertiary/aromatic N) is 4. The number of Topliss-reactive ketones (excluding diaryl/α,β-unsaturated/α-hetero) is 1. The molecule has 1 aliphatic heterocycles. The number of ketones is 1. The molecule has 8 nitrogen and oxygen atoms in total. The van der Waals surface area contributed by atoms with Gasteiger partial charge in [0.2, 0.25) is 5.16 Å². The number of hydrogen-bond acceptors (Lipinski definition) is 7. The fourth-order valence-electron chi connectivity index (χ4n) is 1.72. The van der Waals surface area contributed by atoms with E-state index in [-0.39, 0.29) is 29.5 Å². The SMILES string of the molecule is CC(=O)[C@@H]1Sc2nnc(CCC(=O)O)c(=O)n2N=C1C. The van der Waals surface area contributed by atoms with Crippen LogP contribution in [0.2, 0.25) is 0 Å². The van der Waals surface area contributed by atoms with Crippen molar-refractivity contribution in [2.45, 2.75) is 37.1 Å². The third-order valence-corrected chi connectivity index (χ3v) is 4.06. The molecule has 2 rings (SSSR count). The summed E-state index contributed by atoms with van der Waals surface area (Å²) in [5.74, 6) is -1.09. The molecule has 0 saturated carbocycles. The summed E-state index contributed by atoms with van der Waals surface area (Å²) >= 11 is 1.11. The van der Waals surface area contributed by atoms with Crippen molar-refractivity contribution in [3.63, 3.8) is 0 Å². The molecule has 0 unspecified atom stereocenters. The van der Waals surface area contributed by atoms with E-state index in [2.05, 4.69) is 15.3 Å². The zero-order chi connectivity index (χ0) is 14.9. The Bertz CT molecular complexity index is 667. The number of thioether (sulfide) groups is 1. The third-order valence-electron chi connectivity index (χ3n) is 2.68. The number of hydrogen-bond donors (Lipinski definition) is 1. The maximum absolute atomic E-state index is 12.1. The van der Waals surface area contributed by atoms with Crippen LogP contribution in [0.1, 0.15) is 26.0 Å². The molecule has 0 bridgehead atoms. The minimum atomic E-state index is -1.01. The molecule has 0 radical (unpaired) electrons. The monoisotopic (exact) mass is 296 g/mol. The number of aromatic nitrogens is 3.